The van der Waals surface area contributed by atoms with Gasteiger partial charge in [-0.1, -0.05) is 0 Å². The molecule has 2 N–H and O–H groups in total. The minimum absolute atomic E-state index is 0.424. The molecule has 0 amide bonds. The average Bonchev–Trinajstić information content (AvgIpc) is 2.17. The van der Waals surface area contributed by atoms with Crippen LogP contribution in [0.2, 0.25) is 0 Å². The van der Waals surface area contributed by atoms with Gasteiger partial charge in [0.05, 0.1) is 12.8 Å². The lowest BCUT2D eigenvalue weighted by atomic mass is 10.4. The molecule has 0 atom stereocenters. The Morgan fingerprint density at radius 1 is 1.89 bits per heavy atom. The SMILES string of the molecule is Cn1cc(CON)cn1. The first-order valence-corrected chi connectivity index (χ1v) is 2.62. The van der Waals surface area contributed by atoms with E-state index in [0.29, 0.717) is 6.61 Å². The highest BCUT2D eigenvalue weighted by molar-refractivity contribution is 5.00. The Kier molecular flexibility index (Phi) is 1.81. The molecule has 4 heteroatoms. The third-order valence-electron chi connectivity index (χ3n) is 1.01. The van der Waals surface area contributed by atoms with E-state index in [1.54, 1.807) is 10.9 Å². The summed E-state index contributed by atoms with van der Waals surface area (Å²) in [5, 5.41) is 3.92. The molecule has 1 heterocycles. The van der Waals surface area contributed by atoms with Crippen LogP contribution in [0.25, 0.3) is 0 Å². The van der Waals surface area contributed by atoms with Gasteiger partial charge in [0.25, 0.3) is 0 Å². The van der Waals surface area contributed by atoms with Crippen LogP contribution in [0.1, 0.15) is 5.56 Å². The number of nitrogens with zero attached hydrogens (tertiary/aromatic N) is 2. The molecule has 0 unspecified atom stereocenters. The van der Waals surface area contributed by atoms with Crippen LogP contribution in [0.3, 0.4) is 0 Å². The topological polar surface area (TPSA) is 53.1 Å². The predicted octanol–water partition coefficient (Wildman–Crippen LogP) is -0.190. The third-order valence-corrected chi connectivity index (χ3v) is 1.01. The fourth-order valence-corrected chi connectivity index (χ4v) is 0.643. The Morgan fingerprint density at radius 2 is 2.67 bits per heavy atom. The standard InChI is InChI=1S/C5H9N3O/c1-8-3-5(2-7-8)4-9-6/h2-3H,4,6H2,1H3. The summed E-state index contributed by atoms with van der Waals surface area (Å²) in [6.45, 7) is 0.424. The van der Waals surface area contributed by atoms with Crippen LogP contribution in [0.5, 0.6) is 0 Å². The van der Waals surface area contributed by atoms with Gasteiger partial charge >= 0.3 is 0 Å². The number of hydrogen-bond donors (Lipinski definition) is 1. The summed E-state index contributed by atoms with van der Waals surface area (Å²) < 4.78 is 1.70. The summed E-state index contributed by atoms with van der Waals surface area (Å²) in [5.74, 6) is 4.83. The second-order valence-electron chi connectivity index (χ2n) is 1.83. The number of rotatable bonds is 2. The number of nitrogens with two attached hydrogens (primary N) is 1. The zero-order valence-electron chi connectivity index (χ0n) is 5.24. The van der Waals surface area contributed by atoms with Gasteiger partial charge < -0.3 is 0 Å². The van der Waals surface area contributed by atoms with Crippen LogP contribution in [0.15, 0.2) is 12.4 Å². The Hall–Kier alpha value is -0.870. The first kappa shape index (κ1) is 6.25. The summed E-state index contributed by atoms with van der Waals surface area (Å²) in [6.07, 6.45) is 3.57. The minimum atomic E-state index is 0.424. The van der Waals surface area contributed by atoms with Crippen LogP contribution < -0.4 is 5.90 Å². The Labute approximate surface area is 53.2 Å². The molecule has 0 aliphatic heterocycles. The van der Waals surface area contributed by atoms with Gasteiger partial charge in [-0.2, -0.15) is 5.10 Å². The van der Waals surface area contributed by atoms with E-state index < -0.39 is 0 Å². The van der Waals surface area contributed by atoms with E-state index in [1.165, 1.54) is 0 Å². The van der Waals surface area contributed by atoms with Gasteiger partial charge in [0, 0.05) is 18.8 Å². The summed E-state index contributed by atoms with van der Waals surface area (Å²) in [7, 11) is 1.85. The zero-order valence-corrected chi connectivity index (χ0v) is 5.24. The van der Waals surface area contributed by atoms with Gasteiger partial charge in [-0.05, 0) is 0 Å². The fourth-order valence-electron chi connectivity index (χ4n) is 0.643. The van der Waals surface area contributed by atoms with E-state index in [0.717, 1.165) is 5.56 Å². The number of hydrogen-bond acceptors (Lipinski definition) is 3. The maximum Gasteiger partial charge on any atom is 0.0960 e. The van der Waals surface area contributed by atoms with Crippen molar-refractivity contribution in [3.05, 3.63) is 18.0 Å². The van der Waals surface area contributed by atoms with Crippen LogP contribution in [-0.2, 0) is 18.5 Å². The molecule has 1 aromatic rings. The Bertz CT molecular complexity index is 184. The average molecular weight is 127 g/mol. The predicted molar refractivity (Wildman–Crippen MR) is 32.2 cm³/mol. The summed E-state index contributed by atoms with van der Waals surface area (Å²) in [6, 6.07) is 0. The second-order valence-corrected chi connectivity index (χ2v) is 1.83. The van der Waals surface area contributed by atoms with E-state index in [-0.39, 0.29) is 0 Å². The van der Waals surface area contributed by atoms with Crippen molar-refractivity contribution in [3.63, 3.8) is 0 Å². The largest absolute Gasteiger partial charge is 0.300 e. The van der Waals surface area contributed by atoms with Crippen molar-refractivity contribution in [2.45, 2.75) is 6.61 Å². The highest BCUT2D eigenvalue weighted by Gasteiger charge is 1.92. The van der Waals surface area contributed by atoms with Crippen molar-refractivity contribution < 1.29 is 4.84 Å². The molecule has 0 aliphatic rings. The lowest BCUT2D eigenvalue weighted by molar-refractivity contribution is 0.124. The Morgan fingerprint density at radius 3 is 3.11 bits per heavy atom. The number of aromatic nitrogens is 2. The van der Waals surface area contributed by atoms with Crippen molar-refractivity contribution in [1.82, 2.24) is 9.78 Å². The van der Waals surface area contributed by atoms with E-state index in [2.05, 4.69) is 9.94 Å². The van der Waals surface area contributed by atoms with Crippen LogP contribution >= 0.6 is 0 Å². The van der Waals surface area contributed by atoms with Crippen molar-refractivity contribution >= 4 is 0 Å². The third kappa shape index (κ3) is 1.51. The highest BCUT2D eigenvalue weighted by Crippen LogP contribution is 1.95. The normalized spacial score (nSPS) is 10.0. The molecule has 0 spiro atoms. The van der Waals surface area contributed by atoms with E-state index in [4.69, 9.17) is 5.90 Å². The van der Waals surface area contributed by atoms with Gasteiger partial charge in [0.15, 0.2) is 0 Å². The van der Waals surface area contributed by atoms with Crippen LogP contribution in [0.4, 0.5) is 0 Å². The van der Waals surface area contributed by atoms with Crippen molar-refractivity contribution in [3.8, 4) is 0 Å². The maximum atomic E-state index is 4.83. The van der Waals surface area contributed by atoms with Gasteiger partial charge in [-0.3, -0.25) is 9.52 Å². The Balaban J connectivity index is 2.61. The van der Waals surface area contributed by atoms with E-state index in [9.17, 15) is 0 Å². The first-order valence-electron chi connectivity index (χ1n) is 2.62. The van der Waals surface area contributed by atoms with Crippen molar-refractivity contribution in [1.29, 1.82) is 0 Å². The van der Waals surface area contributed by atoms with Gasteiger partial charge in [-0.15, -0.1) is 0 Å². The fraction of sp³-hybridized carbons (Fsp3) is 0.400. The number of aryl methyl sites for hydroxylation is 1. The first-order chi connectivity index (χ1) is 4.33. The van der Waals surface area contributed by atoms with Crippen LogP contribution in [-0.4, -0.2) is 9.78 Å². The smallest absolute Gasteiger partial charge is 0.0960 e. The quantitative estimate of drug-likeness (QED) is 0.560. The molecular formula is C5H9N3O. The molecule has 9 heavy (non-hydrogen) atoms. The molecule has 0 aliphatic carbocycles. The van der Waals surface area contributed by atoms with Crippen LogP contribution in [0, 0.1) is 0 Å². The van der Waals surface area contributed by atoms with E-state index >= 15 is 0 Å². The van der Waals surface area contributed by atoms with Gasteiger partial charge in [0.2, 0.25) is 0 Å². The summed E-state index contributed by atoms with van der Waals surface area (Å²) >= 11 is 0. The molecule has 0 aromatic carbocycles. The molecule has 1 aromatic heterocycles. The van der Waals surface area contributed by atoms with E-state index in [1.807, 2.05) is 13.2 Å². The molecule has 50 valence electrons. The molecule has 0 saturated carbocycles. The van der Waals surface area contributed by atoms with Gasteiger partial charge in [-0.25, -0.2) is 5.90 Å². The molecule has 1 rings (SSSR count). The molecule has 0 saturated heterocycles. The van der Waals surface area contributed by atoms with Crippen molar-refractivity contribution in [2.75, 3.05) is 0 Å². The molecule has 4 nitrogen and oxygen atoms in total. The van der Waals surface area contributed by atoms with Gasteiger partial charge in [0.1, 0.15) is 0 Å². The second kappa shape index (κ2) is 2.61. The minimum Gasteiger partial charge on any atom is -0.300 e. The lowest BCUT2D eigenvalue weighted by Crippen LogP contribution is -1.97. The lowest BCUT2D eigenvalue weighted by Gasteiger charge is -1.88. The zero-order chi connectivity index (χ0) is 6.69. The molecular weight excluding hydrogens is 118 g/mol. The molecule has 0 bridgehead atoms. The maximum absolute atomic E-state index is 4.83. The molecule has 0 fully saturated rings. The molecule has 0 radical (unpaired) electrons. The highest BCUT2D eigenvalue weighted by atomic mass is 16.6. The summed E-state index contributed by atoms with van der Waals surface area (Å²) in [5.41, 5.74) is 0.986. The monoisotopic (exact) mass is 127 g/mol. The van der Waals surface area contributed by atoms with Crippen molar-refractivity contribution in [2.24, 2.45) is 12.9 Å². The summed E-state index contributed by atoms with van der Waals surface area (Å²) in [4.78, 5) is 4.39.